The van der Waals surface area contributed by atoms with Gasteiger partial charge in [0.25, 0.3) is 0 Å². The van der Waals surface area contributed by atoms with Crippen LogP contribution >= 0.6 is 0 Å². The largest absolute Gasteiger partial charge is 0.493 e. The molecule has 0 spiro atoms. The third-order valence-electron chi connectivity index (χ3n) is 3.19. The summed E-state index contributed by atoms with van der Waals surface area (Å²) in [5.74, 6) is 1.94. The van der Waals surface area contributed by atoms with Gasteiger partial charge in [-0.1, -0.05) is 12.1 Å². The SMILES string of the molecule is CCNC(=NCCc1ccc2c(c1)CCO2)NC(C)C. The van der Waals surface area contributed by atoms with Crippen LogP contribution in [0, 0.1) is 0 Å². The van der Waals surface area contributed by atoms with E-state index in [1.54, 1.807) is 0 Å². The highest BCUT2D eigenvalue weighted by molar-refractivity contribution is 5.79. The molecule has 0 aromatic heterocycles. The van der Waals surface area contributed by atoms with Crippen LogP contribution in [0.3, 0.4) is 0 Å². The normalized spacial score (nSPS) is 14.1. The molecule has 0 aliphatic carbocycles. The van der Waals surface area contributed by atoms with Crippen LogP contribution in [0.15, 0.2) is 23.2 Å². The molecule has 0 radical (unpaired) electrons. The minimum Gasteiger partial charge on any atom is -0.493 e. The fourth-order valence-corrected chi connectivity index (χ4v) is 2.29. The van der Waals surface area contributed by atoms with Gasteiger partial charge < -0.3 is 15.4 Å². The third-order valence-corrected chi connectivity index (χ3v) is 3.19. The van der Waals surface area contributed by atoms with Gasteiger partial charge in [-0.05, 0) is 44.4 Å². The van der Waals surface area contributed by atoms with Crippen molar-refractivity contribution in [2.75, 3.05) is 19.7 Å². The van der Waals surface area contributed by atoms with Crippen LogP contribution in [0.1, 0.15) is 31.9 Å². The van der Waals surface area contributed by atoms with Crippen LogP contribution in [0.5, 0.6) is 5.75 Å². The molecule has 0 amide bonds. The number of hydrogen-bond acceptors (Lipinski definition) is 2. The van der Waals surface area contributed by atoms with Crippen molar-refractivity contribution in [3.8, 4) is 5.75 Å². The Morgan fingerprint density at radius 1 is 1.40 bits per heavy atom. The van der Waals surface area contributed by atoms with Gasteiger partial charge in [0, 0.05) is 25.6 Å². The topological polar surface area (TPSA) is 45.7 Å². The summed E-state index contributed by atoms with van der Waals surface area (Å²) in [6, 6.07) is 6.87. The van der Waals surface area contributed by atoms with E-state index in [1.165, 1.54) is 11.1 Å². The van der Waals surface area contributed by atoms with E-state index in [0.29, 0.717) is 6.04 Å². The Balaban J connectivity index is 1.90. The molecule has 0 saturated heterocycles. The summed E-state index contributed by atoms with van der Waals surface area (Å²) >= 11 is 0. The standard InChI is InChI=1S/C16H25N3O/c1-4-17-16(19-12(2)3)18-9-7-13-5-6-15-14(11-13)8-10-20-15/h5-6,11-12H,4,7-10H2,1-3H3,(H2,17,18,19). The fraction of sp³-hybridized carbons (Fsp3) is 0.562. The minimum absolute atomic E-state index is 0.393. The van der Waals surface area contributed by atoms with Gasteiger partial charge in [0.05, 0.1) is 6.61 Å². The Hall–Kier alpha value is -1.71. The zero-order valence-electron chi connectivity index (χ0n) is 12.7. The van der Waals surface area contributed by atoms with E-state index in [4.69, 9.17) is 4.74 Å². The summed E-state index contributed by atoms with van der Waals surface area (Å²) in [6.07, 6.45) is 1.99. The Kier molecular flexibility index (Phi) is 5.27. The molecule has 2 N–H and O–H groups in total. The highest BCUT2D eigenvalue weighted by Crippen LogP contribution is 2.25. The second kappa shape index (κ2) is 7.17. The van der Waals surface area contributed by atoms with Crippen LogP contribution < -0.4 is 15.4 Å². The van der Waals surface area contributed by atoms with Crippen molar-refractivity contribution in [1.29, 1.82) is 0 Å². The first kappa shape index (κ1) is 14.7. The van der Waals surface area contributed by atoms with Gasteiger partial charge >= 0.3 is 0 Å². The number of benzene rings is 1. The van der Waals surface area contributed by atoms with Gasteiger partial charge in [0.1, 0.15) is 5.75 Å². The molecular formula is C16H25N3O. The Bertz CT molecular complexity index is 469. The van der Waals surface area contributed by atoms with Gasteiger partial charge in [-0.15, -0.1) is 0 Å². The van der Waals surface area contributed by atoms with Gasteiger partial charge in [-0.25, -0.2) is 0 Å². The molecule has 0 unspecified atom stereocenters. The summed E-state index contributed by atoms with van der Waals surface area (Å²) in [7, 11) is 0. The zero-order valence-corrected chi connectivity index (χ0v) is 12.7. The van der Waals surface area contributed by atoms with Crippen molar-refractivity contribution in [2.24, 2.45) is 4.99 Å². The van der Waals surface area contributed by atoms with E-state index >= 15 is 0 Å². The number of nitrogens with one attached hydrogen (secondary N) is 2. The lowest BCUT2D eigenvalue weighted by Crippen LogP contribution is -2.41. The van der Waals surface area contributed by atoms with Crippen LogP contribution in [-0.2, 0) is 12.8 Å². The lowest BCUT2D eigenvalue weighted by Gasteiger charge is -2.13. The highest BCUT2D eigenvalue weighted by atomic mass is 16.5. The summed E-state index contributed by atoms with van der Waals surface area (Å²) in [5, 5.41) is 6.59. The predicted molar refractivity (Wildman–Crippen MR) is 83.6 cm³/mol. The van der Waals surface area contributed by atoms with Gasteiger partial charge in [0.2, 0.25) is 0 Å². The quantitative estimate of drug-likeness (QED) is 0.639. The number of nitrogens with zero attached hydrogens (tertiary/aromatic N) is 1. The van der Waals surface area contributed by atoms with Crippen LogP contribution in [0.25, 0.3) is 0 Å². The fourth-order valence-electron chi connectivity index (χ4n) is 2.29. The van der Waals surface area contributed by atoms with Crippen molar-refractivity contribution in [1.82, 2.24) is 10.6 Å². The second-order valence-electron chi connectivity index (χ2n) is 5.35. The molecule has 0 fully saturated rings. The minimum atomic E-state index is 0.393. The van der Waals surface area contributed by atoms with Crippen molar-refractivity contribution >= 4 is 5.96 Å². The molecule has 4 heteroatoms. The molecule has 20 heavy (non-hydrogen) atoms. The van der Waals surface area contributed by atoms with Crippen molar-refractivity contribution in [3.63, 3.8) is 0 Å². The van der Waals surface area contributed by atoms with E-state index in [1.807, 2.05) is 0 Å². The number of rotatable bonds is 5. The first-order chi connectivity index (χ1) is 9.69. The second-order valence-corrected chi connectivity index (χ2v) is 5.35. The maximum absolute atomic E-state index is 5.52. The first-order valence-electron chi connectivity index (χ1n) is 7.48. The van der Waals surface area contributed by atoms with E-state index in [-0.39, 0.29) is 0 Å². The van der Waals surface area contributed by atoms with E-state index in [2.05, 4.69) is 54.6 Å². The average Bonchev–Trinajstić information content (AvgIpc) is 2.85. The number of ether oxygens (including phenoxy) is 1. The Morgan fingerprint density at radius 3 is 3.00 bits per heavy atom. The molecular weight excluding hydrogens is 250 g/mol. The monoisotopic (exact) mass is 275 g/mol. The number of guanidine groups is 1. The van der Waals surface area contributed by atoms with Crippen LogP contribution in [-0.4, -0.2) is 31.7 Å². The molecule has 1 aromatic rings. The molecule has 0 atom stereocenters. The number of fused-ring (bicyclic) bond motifs is 1. The molecule has 1 aliphatic rings. The van der Waals surface area contributed by atoms with Crippen LogP contribution in [0.4, 0.5) is 0 Å². The molecule has 1 aliphatic heterocycles. The Morgan fingerprint density at radius 2 is 2.25 bits per heavy atom. The molecule has 2 rings (SSSR count). The maximum Gasteiger partial charge on any atom is 0.191 e. The van der Waals surface area contributed by atoms with Gasteiger partial charge in [0.15, 0.2) is 5.96 Å². The predicted octanol–water partition coefficient (Wildman–Crippen LogP) is 2.13. The van der Waals surface area contributed by atoms with Crippen molar-refractivity contribution in [2.45, 2.75) is 39.7 Å². The van der Waals surface area contributed by atoms with E-state index < -0.39 is 0 Å². The first-order valence-corrected chi connectivity index (χ1v) is 7.48. The summed E-state index contributed by atoms with van der Waals surface area (Å²) < 4.78 is 5.52. The summed E-state index contributed by atoms with van der Waals surface area (Å²) in [6.45, 7) is 8.81. The van der Waals surface area contributed by atoms with Gasteiger partial charge in [-0.2, -0.15) is 0 Å². The van der Waals surface area contributed by atoms with Crippen molar-refractivity contribution < 1.29 is 4.74 Å². The summed E-state index contributed by atoms with van der Waals surface area (Å²) in [4.78, 5) is 4.61. The number of hydrogen-bond donors (Lipinski definition) is 2. The van der Waals surface area contributed by atoms with E-state index in [9.17, 15) is 0 Å². The lowest BCUT2D eigenvalue weighted by atomic mass is 10.1. The number of aliphatic imine (C=N–C) groups is 1. The smallest absolute Gasteiger partial charge is 0.191 e. The highest BCUT2D eigenvalue weighted by Gasteiger charge is 2.11. The average molecular weight is 275 g/mol. The lowest BCUT2D eigenvalue weighted by molar-refractivity contribution is 0.357. The van der Waals surface area contributed by atoms with Crippen molar-refractivity contribution in [3.05, 3.63) is 29.3 Å². The Labute approximate surface area is 121 Å². The molecule has 0 saturated carbocycles. The maximum atomic E-state index is 5.52. The summed E-state index contributed by atoms with van der Waals surface area (Å²) in [5.41, 5.74) is 2.66. The van der Waals surface area contributed by atoms with Crippen LogP contribution in [0.2, 0.25) is 0 Å². The van der Waals surface area contributed by atoms with Gasteiger partial charge in [-0.3, -0.25) is 4.99 Å². The molecule has 1 aromatic carbocycles. The zero-order chi connectivity index (χ0) is 14.4. The third kappa shape index (κ3) is 4.15. The molecule has 1 heterocycles. The molecule has 110 valence electrons. The molecule has 4 nitrogen and oxygen atoms in total. The molecule has 0 bridgehead atoms. The van der Waals surface area contributed by atoms with E-state index in [0.717, 1.165) is 44.2 Å².